The van der Waals surface area contributed by atoms with E-state index < -0.39 is 0 Å². The van der Waals surface area contributed by atoms with Crippen LogP contribution in [0, 0.1) is 0 Å². The average molecular weight is 464 g/mol. The van der Waals surface area contributed by atoms with Crippen molar-refractivity contribution in [3.8, 4) is 0 Å². The maximum atomic E-state index is 12.9. The lowest BCUT2D eigenvalue weighted by Gasteiger charge is -2.26. The molecule has 7 nitrogen and oxygen atoms in total. The molecule has 5 rings (SSSR count). The fourth-order valence-corrected chi connectivity index (χ4v) is 4.91. The number of thioether (sulfide) groups is 1. The van der Waals surface area contributed by atoms with Gasteiger partial charge in [0.1, 0.15) is 12.4 Å². The molecule has 0 aliphatic carbocycles. The fraction of sp³-hybridized carbons (Fsp3) is 0.360. The van der Waals surface area contributed by atoms with Gasteiger partial charge in [-0.05, 0) is 42.7 Å². The molecule has 1 N–H and O–H groups in total. The Morgan fingerprint density at radius 2 is 1.94 bits per heavy atom. The molecule has 2 aromatic heterocycles. The summed E-state index contributed by atoms with van der Waals surface area (Å²) < 4.78 is 9.73. The third kappa shape index (κ3) is 4.93. The molecule has 33 heavy (non-hydrogen) atoms. The van der Waals surface area contributed by atoms with Gasteiger partial charge in [0.2, 0.25) is 5.91 Å². The minimum absolute atomic E-state index is 0.0494. The third-order valence-corrected chi connectivity index (χ3v) is 6.67. The minimum Gasteiger partial charge on any atom is -0.379 e. The molecule has 1 aliphatic rings. The normalized spacial score (nSPS) is 14.8. The number of carbonyl (C=O) groups excluding carboxylic acids is 1. The van der Waals surface area contributed by atoms with E-state index in [0.29, 0.717) is 0 Å². The van der Waals surface area contributed by atoms with Crippen molar-refractivity contribution in [2.24, 2.45) is 0 Å². The molecule has 0 saturated carbocycles. The summed E-state index contributed by atoms with van der Waals surface area (Å²) in [6, 6.07) is 16.2. The summed E-state index contributed by atoms with van der Waals surface area (Å²) in [5, 5.41) is 4.20. The van der Waals surface area contributed by atoms with Gasteiger partial charge in [0.15, 0.2) is 0 Å². The predicted molar refractivity (Wildman–Crippen MR) is 135 cm³/mol. The van der Waals surface area contributed by atoms with Crippen LogP contribution >= 0.6 is 11.8 Å². The van der Waals surface area contributed by atoms with Crippen LogP contribution in [-0.4, -0.2) is 64.0 Å². The topological polar surface area (TPSA) is 64.3 Å². The number of ether oxygens (including phenoxy) is 1. The first-order valence-electron chi connectivity index (χ1n) is 11.3. The Bertz CT molecular complexity index is 1260. The van der Waals surface area contributed by atoms with Crippen molar-refractivity contribution in [1.29, 1.82) is 0 Å². The van der Waals surface area contributed by atoms with E-state index >= 15 is 0 Å². The van der Waals surface area contributed by atoms with Gasteiger partial charge in [0.05, 0.1) is 30.0 Å². The molecule has 1 saturated heterocycles. The van der Waals surface area contributed by atoms with Crippen molar-refractivity contribution in [1.82, 2.24) is 19.0 Å². The summed E-state index contributed by atoms with van der Waals surface area (Å²) in [4.78, 5) is 20.1. The van der Waals surface area contributed by atoms with Gasteiger partial charge in [-0.15, -0.1) is 0 Å². The summed E-state index contributed by atoms with van der Waals surface area (Å²) in [5.41, 5.74) is 3.91. The molecule has 1 fully saturated rings. The number of imidazole rings is 1. The number of fused-ring (bicyclic) bond motifs is 2. The molecule has 4 aromatic rings. The summed E-state index contributed by atoms with van der Waals surface area (Å²) in [5.74, 6) is 1.64. The Labute approximate surface area is 197 Å². The molecule has 0 unspecified atom stereocenters. The molecular formula is C25H29N5O2S. The van der Waals surface area contributed by atoms with Crippen LogP contribution in [0.25, 0.3) is 21.9 Å². The van der Waals surface area contributed by atoms with Crippen LogP contribution in [-0.2, 0) is 28.4 Å². The van der Waals surface area contributed by atoms with E-state index in [4.69, 9.17) is 9.72 Å². The molecule has 172 valence electrons. The van der Waals surface area contributed by atoms with E-state index in [1.165, 1.54) is 5.52 Å². The quantitative estimate of drug-likeness (QED) is 0.430. The van der Waals surface area contributed by atoms with Gasteiger partial charge in [0.25, 0.3) is 0 Å². The lowest BCUT2D eigenvalue weighted by molar-refractivity contribution is -0.116. The highest BCUT2D eigenvalue weighted by molar-refractivity contribution is 7.97. The van der Waals surface area contributed by atoms with E-state index in [0.717, 1.165) is 73.1 Å². The number of hydrogen-bond donors (Lipinski definition) is 1. The summed E-state index contributed by atoms with van der Waals surface area (Å²) in [6.07, 6.45) is 4.18. The highest BCUT2D eigenvalue weighted by Gasteiger charge is 2.14. The number of morpholine rings is 1. The molecule has 0 radical (unpaired) electrons. The third-order valence-electron chi connectivity index (χ3n) is 6.12. The van der Waals surface area contributed by atoms with Gasteiger partial charge < -0.3 is 19.2 Å². The Kier molecular flexibility index (Phi) is 6.66. The second-order valence-electron chi connectivity index (χ2n) is 8.32. The molecule has 3 heterocycles. The number of nitrogens with zero attached hydrogens (tertiary/aromatic N) is 4. The van der Waals surface area contributed by atoms with E-state index in [-0.39, 0.29) is 12.5 Å². The van der Waals surface area contributed by atoms with Gasteiger partial charge in [0, 0.05) is 49.0 Å². The summed E-state index contributed by atoms with van der Waals surface area (Å²) >= 11 is 1.71. The molecule has 8 heteroatoms. The second kappa shape index (κ2) is 9.99. The molecule has 1 amide bonds. The maximum absolute atomic E-state index is 12.9. The van der Waals surface area contributed by atoms with E-state index in [1.54, 1.807) is 11.8 Å². The van der Waals surface area contributed by atoms with Gasteiger partial charge in [-0.25, -0.2) is 4.98 Å². The van der Waals surface area contributed by atoms with E-state index in [1.807, 2.05) is 47.2 Å². The first-order chi connectivity index (χ1) is 16.2. The van der Waals surface area contributed by atoms with Crippen molar-refractivity contribution in [3.63, 3.8) is 0 Å². The largest absolute Gasteiger partial charge is 0.379 e. The van der Waals surface area contributed by atoms with Crippen molar-refractivity contribution >= 4 is 45.3 Å². The number of anilines is 1. The zero-order valence-corrected chi connectivity index (χ0v) is 19.7. The Balaban J connectivity index is 1.27. The lowest BCUT2D eigenvalue weighted by Crippen LogP contribution is -2.38. The maximum Gasteiger partial charge on any atom is 0.244 e. The molecule has 2 aromatic carbocycles. The number of amides is 1. The number of carbonyl (C=O) groups is 1. The van der Waals surface area contributed by atoms with Crippen molar-refractivity contribution in [2.75, 3.05) is 44.4 Å². The van der Waals surface area contributed by atoms with Crippen LogP contribution in [0.4, 0.5) is 5.69 Å². The van der Waals surface area contributed by atoms with Gasteiger partial charge in [-0.1, -0.05) is 12.1 Å². The molecule has 1 aliphatic heterocycles. The van der Waals surface area contributed by atoms with Crippen LogP contribution in [0.15, 0.2) is 54.7 Å². The number of benzene rings is 2. The van der Waals surface area contributed by atoms with Crippen LogP contribution < -0.4 is 5.32 Å². The first kappa shape index (κ1) is 22.0. The van der Waals surface area contributed by atoms with Gasteiger partial charge >= 0.3 is 0 Å². The monoisotopic (exact) mass is 463 g/mol. The van der Waals surface area contributed by atoms with E-state index in [9.17, 15) is 4.79 Å². The number of nitrogens with one attached hydrogen (secondary N) is 1. The van der Waals surface area contributed by atoms with Crippen LogP contribution in [0.5, 0.6) is 0 Å². The van der Waals surface area contributed by atoms with Crippen LogP contribution in [0.2, 0.25) is 0 Å². The molecule has 0 spiro atoms. The number of aromatic nitrogens is 3. The standard InChI is InChI=1S/C25H29N5O2S/c1-33-18-24-27-21-4-2-3-5-23(21)30(24)17-25(31)26-20-6-7-22-19(16-20)8-9-29(22)11-10-28-12-14-32-15-13-28/h2-9,16H,10-15,17-18H2,1H3,(H,26,31). The highest BCUT2D eigenvalue weighted by Crippen LogP contribution is 2.22. The van der Waals surface area contributed by atoms with Crippen molar-refractivity contribution in [2.45, 2.75) is 18.8 Å². The molecular weight excluding hydrogens is 434 g/mol. The zero-order valence-electron chi connectivity index (χ0n) is 18.9. The summed E-state index contributed by atoms with van der Waals surface area (Å²) in [6.45, 7) is 5.85. The fourth-order valence-electron chi connectivity index (χ4n) is 4.43. The predicted octanol–water partition coefficient (Wildman–Crippen LogP) is 3.82. The molecule has 0 atom stereocenters. The minimum atomic E-state index is -0.0494. The first-order valence-corrected chi connectivity index (χ1v) is 12.7. The van der Waals surface area contributed by atoms with Gasteiger partial charge in [-0.3, -0.25) is 9.69 Å². The number of rotatable bonds is 8. The van der Waals surface area contributed by atoms with Gasteiger partial charge in [-0.2, -0.15) is 11.8 Å². The lowest BCUT2D eigenvalue weighted by atomic mass is 10.2. The van der Waals surface area contributed by atoms with E-state index in [2.05, 4.69) is 33.1 Å². The second-order valence-corrected chi connectivity index (χ2v) is 9.19. The number of hydrogen-bond acceptors (Lipinski definition) is 5. The smallest absolute Gasteiger partial charge is 0.244 e. The highest BCUT2D eigenvalue weighted by atomic mass is 32.2. The zero-order chi connectivity index (χ0) is 22.6. The van der Waals surface area contributed by atoms with Crippen molar-refractivity contribution in [3.05, 3.63) is 60.6 Å². The number of para-hydroxylation sites is 2. The van der Waals surface area contributed by atoms with Crippen LogP contribution in [0.3, 0.4) is 0 Å². The Hall–Kier alpha value is -2.81. The summed E-state index contributed by atoms with van der Waals surface area (Å²) in [7, 11) is 0. The SMILES string of the molecule is CSCc1nc2ccccc2n1CC(=O)Nc1ccc2c(ccn2CCN2CCOCC2)c1. The van der Waals surface area contributed by atoms with Crippen LogP contribution in [0.1, 0.15) is 5.82 Å². The Morgan fingerprint density at radius 1 is 1.09 bits per heavy atom. The van der Waals surface area contributed by atoms with Crippen molar-refractivity contribution < 1.29 is 9.53 Å². The molecule has 0 bridgehead atoms. The average Bonchev–Trinajstić information content (AvgIpc) is 3.39. The Morgan fingerprint density at radius 3 is 2.79 bits per heavy atom.